The van der Waals surface area contributed by atoms with Crippen LogP contribution in [0.1, 0.15) is 99.7 Å². The van der Waals surface area contributed by atoms with Gasteiger partial charge in [0.05, 0.1) is 18.8 Å². The molecule has 0 unspecified atom stereocenters. The van der Waals surface area contributed by atoms with Crippen molar-refractivity contribution in [3.63, 3.8) is 0 Å². The maximum atomic E-state index is 12.9. The van der Waals surface area contributed by atoms with Crippen molar-refractivity contribution in [1.82, 2.24) is 25.5 Å². The maximum absolute atomic E-state index is 12.9. The molecule has 62 heavy (non-hydrogen) atoms. The quantitative estimate of drug-likeness (QED) is 0.0285. The number of aliphatic hydroxyl groups is 5. The Morgan fingerprint density at radius 3 is 1.98 bits per heavy atom. The second-order valence-corrected chi connectivity index (χ2v) is 15.9. The molecule has 13 N–H and O–H groups in total. The number of unbranched alkanes of at least 4 members (excludes halogenated alkanes) is 5. The van der Waals surface area contributed by atoms with Crippen LogP contribution in [-0.2, 0) is 22.4 Å². The van der Waals surface area contributed by atoms with Gasteiger partial charge in [-0.05, 0) is 93.6 Å². The summed E-state index contributed by atoms with van der Waals surface area (Å²) >= 11 is 5.84. The summed E-state index contributed by atoms with van der Waals surface area (Å²) in [6.45, 7) is 4.57. The zero-order valence-electron chi connectivity index (χ0n) is 35.9. The molecule has 0 fully saturated rings. The van der Waals surface area contributed by atoms with E-state index < -0.39 is 43.0 Å². The van der Waals surface area contributed by atoms with Gasteiger partial charge in [0.25, 0.3) is 5.91 Å². The van der Waals surface area contributed by atoms with Crippen molar-refractivity contribution < 1.29 is 39.9 Å². The summed E-state index contributed by atoms with van der Waals surface area (Å²) in [6, 6.07) is 15.8. The molecule has 2 amide bonds. The Balaban J connectivity index is 1.39. The van der Waals surface area contributed by atoms with Gasteiger partial charge >= 0.3 is 0 Å². The molecule has 0 bridgehead atoms. The average Bonchev–Trinajstić information content (AvgIpc) is 3.25. The van der Waals surface area contributed by atoms with Crippen molar-refractivity contribution >= 4 is 46.8 Å². The normalized spacial score (nSPS) is 14.2. The first-order chi connectivity index (χ1) is 29.6. The number of hydrogen-bond donors (Lipinski definition) is 10. The number of nitrogens with zero attached hydrogens (tertiary/aromatic N) is 4. The SMILES string of the molecule is CCCCCCN(CCCC[C@H](NC(=O)CCc1ccc(-c2ccc(CCCCN=C(N)NC(=O)c3nc(Cl)c(N)nc3N)cc2)cc1)C(C)=O)C[C@H](O)[C@@H](O)[C@H](O)[C@H](O)CO. The molecule has 5 atom stereocenters. The number of nitrogen functional groups attached to an aromatic ring is 2. The Morgan fingerprint density at radius 2 is 1.39 bits per heavy atom. The summed E-state index contributed by atoms with van der Waals surface area (Å²) in [5.41, 5.74) is 21.2. The number of rotatable bonds is 28. The fraction of sp³-hybridized carbons (Fsp3) is 0.545. The molecule has 0 spiro atoms. The van der Waals surface area contributed by atoms with Crippen LogP contribution in [0, 0.1) is 0 Å². The van der Waals surface area contributed by atoms with E-state index in [1.807, 2.05) is 29.2 Å². The van der Waals surface area contributed by atoms with E-state index in [4.69, 9.17) is 33.9 Å². The minimum Gasteiger partial charge on any atom is -0.394 e. The molecule has 1 aromatic heterocycles. The smallest absolute Gasteiger partial charge is 0.280 e. The Hall–Kier alpha value is -4.75. The molecule has 0 saturated heterocycles. The summed E-state index contributed by atoms with van der Waals surface area (Å²) in [5, 5.41) is 54.9. The van der Waals surface area contributed by atoms with E-state index in [0.717, 1.165) is 61.6 Å². The van der Waals surface area contributed by atoms with Gasteiger partial charge in [0.15, 0.2) is 34.2 Å². The fourth-order valence-corrected chi connectivity index (χ4v) is 6.90. The fourth-order valence-electron chi connectivity index (χ4n) is 6.77. The number of aromatic nitrogens is 2. The van der Waals surface area contributed by atoms with Crippen LogP contribution in [0.3, 0.4) is 0 Å². The number of carbonyl (C=O) groups excluding carboxylic acids is 3. The van der Waals surface area contributed by atoms with Crippen molar-refractivity contribution in [3.05, 3.63) is 70.5 Å². The molecule has 0 aliphatic rings. The van der Waals surface area contributed by atoms with Gasteiger partial charge in [-0.1, -0.05) is 86.3 Å². The number of nitrogens with two attached hydrogens (primary N) is 3. The number of ketones is 1. The highest BCUT2D eigenvalue weighted by atomic mass is 35.5. The van der Waals surface area contributed by atoms with E-state index in [0.29, 0.717) is 45.3 Å². The van der Waals surface area contributed by atoms with E-state index >= 15 is 0 Å². The van der Waals surface area contributed by atoms with Gasteiger partial charge in [-0.3, -0.25) is 24.7 Å². The van der Waals surface area contributed by atoms with Crippen molar-refractivity contribution in [1.29, 1.82) is 0 Å². The first kappa shape index (κ1) is 51.6. The number of amides is 2. The number of halogens is 1. The number of hydrogen-bond acceptors (Lipinski definition) is 14. The first-order valence-corrected chi connectivity index (χ1v) is 21.7. The molecule has 0 aliphatic carbocycles. The van der Waals surface area contributed by atoms with Crippen molar-refractivity contribution in [2.45, 2.75) is 121 Å². The van der Waals surface area contributed by atoms with Crippen LogP contribution < -0.4 is 27.8 Å². The molecule has 3 aromatic rings. The van der Waals surface area contributed by atoms with Crippen LogP contribution in [0.2, 0.25) is 5.15 Å². The van der Waals surface area contributed by atoms with Gasteiger partial charge in [0.2, 0.25) is 5.91 Å². The standard InChI is InChI=1S/C44H66ClN9O8/c1-3-4-5-9-24-54(26-34(57)38(60)39(61)35(58)27-55)25-10-7-12-33(28(2)56)50-36(59)22-17-30-15-20-32(21-16-30)31-18-13-29(14-19-31)11-6-8-23-49-44(48)53-43(62)37-41(46)52-42(47)40(45)51-37/h13-16,18-21,33-35,38-39,55,57-58,60-61H,3-12,17,22-27H2,1-2H3,(H,50,59)(H4,46,47,52)(H3,48,49,53,62)/t33-,34-,35+,38+,39+/m0/s1. The lowest BCUT2D eigenvalue weighted by atomic mass is 9.99. The predicted octanol–water partition coefficient (Wildman–Crippen LogP) is 2.52. The predicted molar refractivity (Wildman–Crippen MR) is 241 cm³/mol. The maximum Gasteiger partial charge on any atom is 0.280 e. The molecule has 0 radical (unpaired) electrons. The average molecular weight is 885 g/mol. The lowest BCUT2D eigenvalue weighted by Crippen LogP contribution is -2.50. The Bertz CT molecular complexity index is 1870. The van der Waals surface area contributed by atoms with E-state index in [1.54, 1.807) is 0 Å². The van der Waals surface area contributed by atoms with Gasteiger partial charge in [-0.25, -0.2) is 9.97 Å². The molecule has 3 rings (SSSR count). The highest BCUT2D eigenvalue weighted by molar-refractivity contribution is 6.31. The highest BCUT2D eigenvalue weighted by Crippen LogP contribution is 2.22. The Kier molecular flexibility index (Phi) is 22.8. The number of Topliss-reactive ketones (excluding diaryl/α,β-unsaturated/α-hetero) is 1. The molecule has 0 aliphatic heterocycles. The summed E-state index contributed by atoms with van der Waals surface area (Å²) in [4.78, 5) is 51.6. The van der Waals surface area contributed by atoms with Crippen LogP contribution in [0.5, 0.6) is 0 Å². The Labute approximate surface area is 369 Å². The second kappa shape index (κ2) is 27.3. The van der Waals surface area contributed by atoms with Gasteiger partial charge in [-0.2, -0.15) is 0 Å². The number of aliphatic imine (C=N–C) groups is 1. The largest absolute Gasteiger partial charge is 0.394 e. The van der Waals surface area contributed by atoms with E-state index in [1.165, 1.54) is 12.5 Å². The molecule has 17 nitrogen and oxygen atoms in total. The molecule has 342 valence electrons. The summed E-state index contributed by atoms with van der Waals surface area (Å²) in [7, 11) is 0. The minimum absolute atomic E-state index is 0.0718. The summed E-state index contributed by atoms with van der Waals surface area (Å²) < 4.78 is 0. The number of aliphatic hydroxyl groups excluding tert-OH is 5. The topological polar surface area (TPSA) is 296 Å². The third-order valence-corrected chi connectivity index (χ3v) is 10.8. The first-order valence-electron chi connectivity index (χ1n) is 21.4. The molecule has 0 saturated carbocycles. The van der Waals surface area contributed by atoms with Crippen LogP contribution in [-0.4, -0.2) is 127 Å². The number of guanidine groups is 1. The monoisotopic (exact) mass is 883 g/mol. The minimum atomic E-state index is -1.68. The molecule has 18 heteroatoms. The van der Waals surface area contributed by atoms with Crippen molar-refractivity contribution in [2.24, 2.45) is 10.7 Å². The number of benzene rings is 2. The van der Waals surface area contributed by atoms with Gasteiger partial charge < -0.3 is 53.0 Å². The third-order valence-electron chi connectivity index (χ3n) is 10.5. The van der Waals surface area contributed by atoms with Crippen LogP contribution in [0.4, 0.5) is 11.6 Å². The van der Waals surface area contributed by atoms with Crippen molar-refractivity contribution in [3.8, 4) is 11.1 Å². The lowest BCUT2D eigenvalue weighted by molar-refractivity contribution is -0.127. The Morgan fingerprint density at radius 1 is 0.790 bits per heavy atom. The molecular formula is C44H66ClN9O8. The van der Waals surface area contributed by atoms with Gasteiger partial charge in [0.1, 0.15) is 18.3 Å². The highest BCUT2D eigenvalue weighted by Gasteiger charge is 2.31. The number of anilines is 2. The van der Waals surface area contributed by atoms with E-state index in [-0.39, 0.29) is 53.1 Å². The van der Waals surface area contributed by atoms with Crippen LogP contribution >= 0.6 is 11.6 Å². The van der Waals surface area contributed by atoms with Crippen LogP contribution in [0.25, 0.3) is 11.1 Å². The van der Waals surface area contributed by atoms with Gasteiger partial charge in [0, 0.05) is 19.5 Å². The number of carbonyl (C=O) groups is 3. The summed E-state index contributed by atoms with van der Waals surface area (Å²) in [5.74, 6) is -1.34. The van der Waals surface area contributed by atoms with Gasteiger partial charge in [-0.15, -0.1) is 0 Å². The zero-order valence-corrected chi connectivity index (χ0v) is 36.6. The number of nitrogens with one attached hydrogen (secondary N) is 2. The van der Waals surface area contributed by atoms with Crippen molar-refractivity contribution in [2.75, 3.05) is 44.3 Å². The second-order valence-electron chi connectivity index (χ2n) is 15.6. The van der Waals surface area contributed by atoms with E-state index in [9.17, 15) is 34.8 Å². The molecule has 1 heterocycles. The third kappa shape index (κ3) is 17.9. The molecular weight excluding hydrogens is 818 g/mol. The lowest BCUT2D eigenvalue weighted by Gasteiger charge is -2.30. The van der Waals surface area contributed by atoms with Crippen LogP contribution in [0.15, 0.2) is 53.5 Å². The molecule has 2 aromatic carbocycles. The van der Waals surface area contributed by atoms with E-state index in [2.05, 4.69) is 56.8 Å². The number of aryl methyl sites for hydroxylation is 2. The zero-order chi connectivity index (χ0) is 45.6. The summed E-state index contributed by atoms with van der Waals surface area (Å²) in [6.07, 6.45) is 2.82.